The van der Waals surface area contributed by atoms with E-state index in [4.69, 9.17) is 5.11 Å². The van der Waals surface area contributed by atoms with Crippen LogP contribution in [0.3, 0.4) is 0 Å². The van der Waals surface area contributed by atoms with E-state index in [0.29, 0.717) is 0 Å². The van der Waals surface area contributed by atoms with Crippen molar-refractivity contribution in [1.29, 1.82) is 0 Å². The second-order valence-corrected chi connectivity index (χ2v) is 4.58. The summed E-state index contributed by atoms with van der Waals surface area (Å²) < 4.78 is 33.2. The van der Waals surface area contributed by atoms with Crippen LogP contribution in [-0.4, -0.2) is 21.8 Å². The Morgan fingerprint density at radius 3 is 2.80 bits per heavy atom. The fourth-order valence-corrected chi connectivity index (χ4v) is 2.31. The second kappa shape index (κ2) is 3.78. The van der Waals surface area contributed by atoms with Gasteiger partial charge in [0.1, 0.15) is 11.6 Å². The maximum Gasteiger partial charge on any atom is 0.418 e. The molecule has 5 nitrogen and oxygen atoms in total. The van der Waals surface area contributed by atoms with Crippen LogP contribution in [0.25, 0.3) is 10.9 Å². The van der Waals surface area contributed by atoms with E-state index in [1.165, 1.54) is 25.1 Å². The number of para-hydroxylation sites is 1. The summed E-state index contributed by atoms with van der Waals surface area (Å²) in [4.78, 5) is 23.1. The largest absolute Gasteiger partial charge is 0.477 e. The van der Waals surface area contributed by atoms with E-state index in [1.807, 2.05) is 0 Å². The van der Waals surface area contributed by atoms with Crippen molar-refractivity contribution in [3.8, 4) is 5.75 Å². The molecule has 1 aromatic heterocycles. The van der Waals surface area contributed by atoms with Gasteiger partial charge in [0.05, 0.1) is 10.9 Å². The van der Waals surface area contributed by atoms with Gasteiger partial charge in [-0.25, -0.2) is 4.79 Å². The van der Waals surface area contributed by atoms with Gasteiger partial charge in [0.2, 0.25) is 5.43 Å². The van der Waals surface area contributed by atoms with Gasteiger partial charge in [0.15, 0.2) is 5.75 Å². The number of aromatic nitrogens is 1. The van der Waals surface area contributed by atoms with Crippen molar-refractivity contribution in [3.05, 3.63) is 40.2 Å². The number of aromatic carboxylic acids is 1. The minimum Gasteiger partial charge on any atom is -0.477 e. The SMILES string of the molecule is CC1n2cc(C(=O)O)c(=O)c3cccc(c32)OC1(F)F. The van der Waals surface area contributed by atoms with Crippen LogP contribution in [0.1, 0.15) is 23.3 Å². The number of ether oxygens (including phenoxy) is 1. The lowest BCUT2D eigenvalue weighted by Gasteiger charge is -2.33. The van der Waals surface area contributed by atoms with Gasteiger partial charge in [-0.05, 0) is 19.1 Å². The molecule has 7 heteroatoms. The summed E-state index contributed by atoms with van der Waals surface area (Å²) in [5, 5.41) is 9.06. The van der Waals surface area contributed by atoms with Crippen molar-refractivity contribution in [1.82, 2.24) is 4.57 Å². The Hall–Kier alpha value is -2.44. The fraction of sp³-hybridized carbons (Fsp3) is 0.231. The van der Waals surface area contributed by atoms with Gasteiger partial charge >= 0.3 is 12.1 Å². The summed E-state index contributed by atoms with van der Waals surface area (Å²) in [6.07, 6.45) is -2.54. The van der Waals surface area contributed by atoms with E-state index in [1.54, 1.807) is 0 Å². The Morgan fingerprint density at radius 2 is 2.15 bits per heavy atom. The van der Waals surface area contributed by atoms with Gasteiger partial charge in [0.25, 0.3) is 0 Å². The molecule has 0 radical (unpaired) electrons. The van der Waals surface area contributed by atoms with Gasteiger partial charge in [0, 0.05) is 6.20 Å². The number of hydrogen-bond acceptors (Lipinski definition) is 3. The van der Waals surface area contributed by atoms with Crippen molar-refractivity contribution >= 4 is 16.9 Å². The molecule has 1 aliphatic rings. The first kappa shape index (κ1) is 12.6. The summed E-state index contributed by atoms with van der Waals surface area (Å²) in [6.45, 7) is 1.20. The summed E-state index contributed by atoms with van der Waals surface area (Å²) in [7, 11) is 0. The molecule has 1 atom stereocenters. The predicted octanol–water partition coefficient (Wildman–Crippen LogP) is 2.25. The first-order chi connectivity index (χ1) is 9.33. The second-order valence-electron chi connectivity index (χ2n) is 4.58. The summed E-state index contributed by atoms with van der Waals surface area (Å²) >= 11 is 0. The Labute approximate surface area is 111 Å². The van der Waals surface area contributed by atoms with Crippen LogP contribution in [-0.2, 0) is 0 Å². The molecule has 0 spiro atoms. The van der Waals surface area contributed by atoms with Crippen LogP contribution >= 0.6 is 0 Å². The average Bonchev–Trinajstić information content (AvgIpc) is 2.37. The molecule has 0 fully saturated rings. The molecule has 0 saturated carbocycles. The Morgan fingerprint density at radius 1 is 1.45 bits per heavy atom. The summed E-state index contributed by atoms with van der Waals surface area (Å²) in [5.74, 6) is -1.59. The van der Waals surface area contributed by atoms with Crippen molar-refractivity contribution in [2.24, 2.45) is 0 Å². The predicted molar refractivity (Wildman–Crippen MR) is 65.5 cm³/mol. The Balaban J connectivity index is 2.49. The third-order valence-electron chi connectivity index (χ3n) is 3.39. The molecule has 0 bridgehead atoms. The number of carboxylic acids is 1. The van der Waals surface area contributed by atoms with Gasteiger partial charge < -0.3 is 14.4 Å². The minimum atomic E-state index is -3.48. The molecule has 2 aromatic rings. The third kappa shape index (κ3) is 1.52. The van der Waals surface area contributed by atoms with Crippen LogP contribution < -0.4 is 10.2 Å². The smallest absolute Gasteiger partial charge is 0.418 e. The molecule has 1 N–H and O–H groups in total. The fourth-order valence-electron chi connectivity index (χ4n) is 2.31. The van der Waals surface area contributed by atoms with Crippen LogP contribution in [0, 0.1) is 0 Å². The minimum absolute atomic E-state index is 0.0461. The summed E-state index contributed by atoms with van der Waals surface area (Å²) in [5.41, 5.74) is -1.08. The zero-order valence-corrected chi connectivity index (χ0v) is 10.3. The van der Waals surface area contributed by atoms with Crippen molar-refractivity contribution < 1.29 is 23.4 Å². The van der Waals surface area contributed by atoms with Crippen LogP contribution in [0.2, 0.25) is 0 Å². The van der Waals surface area contributed by atoms with Crippen molar-refractivity contribution in [2.45, 2.75) is 19.1 Å². The monoisotopic (exact) mass is 281 g/mol. The molecular weight excluding hydrogens is 272 g/mol. The molecule has 104 valence electrons. The van der Waals surface area contributed by atoms with Gasteiger partial charge in [-0.15, -0.1) is 0 Å². The number of rotatable bonds is 1. The zero-order chi connectivity index (χ0) is 14.7. The first-order valence-electron chi connectivity index (χ1n) is 5.81. The lowest BCUT2D eigenvalue weighted by Crippen LogP contribution is -2.39. The average molecular weight is 281 g/mol. The standard InChI is InChI=1S/C13H9F2NO4/c1-6-13(14,15)20-9-4-2-3-7-10(9)16(6)5-8(11(7)17)12(18)19/h2-6H,1H3,(H,18,19). The van der Waals surface area contributed by atoms with Gasteiger partial charge in [-0.2, -0.15) is 8.78 Å². The number of pyridine rings is 1. The highest BCUT2D eigenvalue weighted by Gasteiger charge is 2.45. The van der Waals surface area contributed by atoms with E-state index in [-0.39, 0.29) is 16.7 Å². The van der Waals surface area contributed by atoms with Gasteiger partial charge in [-0.1, -0.05) is 6.07 Å². The Kier molecular flexibility index (Phi) is 2.38. The number of carbonyl (C=O) groups is 1. The molecule has 1 aliphatic heterocycles. The van der Waals surface area contributed by atoms with Crippen molar-refractivity contribution in [2.75, 3.05) is 0 Å². The quantitative estimate of drug-likeness (QED) is 0.870. The van der Waals surface area contributed by atoms with E-state index in [9.17, 15) is 18.4 Å². The molecule has 0 aliphatic carbocycles. The molecular formula is C13H9F2NO4. The molecule has 1 unspecified atom stereocenters. The number of hydrogen-bond donors (Lipinski definition) is 1. The number of nitrogens with zero attached hydrogens (tertiary/aromatic N) is 1. The van der Waals surface area contributed by atoms with Crippen LogP contribution in [0.15, 0.2) is 29.2 Å². The van der Waals surface area contributed by atoms with Crippen LogP contribution in [0.4, 0.5) is 8.78 Å². The maximum atomic E-state index is 13.8. The highest BCUT2D eigenvalue weighted by Crippen LogP contribution is 2.41. The number of carboxylic acid groups (broad SMARTS) is 1. The van der Waals surface area contributed by atoms with E-state index >= 15 is 0 Å². The summed E-state index contributed by atoms with van der Waals surface area (Å²) in [6, 6.07) is 2.67. The molecule has 0 saturated heterocycles. The Bertz CT molecular complexity index is 797. The lowest BCUT2D eigenvalue weighted by molar-refractivity contribution is -0.209. The zero-order valence-electron chi connectivity index (χ0n) is 10.3. The van der Waals surface area contributed by atoms with E-state index in [0.717, 1.165) is 10.8 Å². The number of halogens is 2. The molecule has 3 rings (SSSR count). The van der Waals surface area contributed by atoms with E-state index in [2.05, 4.69) is 4.74 Å². The highest BCUT2D eigenvalue weighted by atomic mass is 19.3. The number of benzene rings is 1. The van der Waals surface area contributed by atoms with E-state index < -0.39 is 29.1 Å². The number of alkyl halides is 2. The van der Waals surface area contributed by atoms with Crippen LogP contribution in [0.5, 0.6) is 5.75 Å². The molecule has 0 amide bonds. The maximum absolute atomic E-state index is 13.8. The third-order valence-corrected chi connectivity index (χ3v) is 3.39. The normalized spacial score (nSPS) is 19.6. The molecule has 2 heterocycles. The topological polar surface area (TPSA) is 68.5 Å². The lowest BCUT2D eigenvalue weighted by atomic mass is 10.1. The highest BCUT2D eigenvalue weighted by molar-refractivity contribution is 5.94. The van der Waals surface area contributed by atoms with Gasteiger partial charge in [-0.3, -0.25) is 4.79 Å². The first-order valence-corrected chi connectivity index (χ1v) is 5.81. The molecule has 20 heavy (non-hydrogen) atoms. The van der Waals surface area contributed by atoms with Crippen molar-refractivity contribution in [3.63, 3.8) is 0 Å². The molecule has 1 aromatic carbocycles.